The number of thiophene rings is 1. The zero-order valence-electron chi connectivity index (χ0n) is 8.99. The van der Waals surface area contributed by atoms with E-state index in [4.69, 9.17) is 16.3 Å². The summed E-state index contributed by atoms with van der Waals surface area (Å²) in [4.78, 5) is 14.4. The van der Waals surface area contributed by atoms with Crippen molar-refractivity contribution in [3.05, 3.63) is 21.3 Å². The predicted octanol–water partition coefficient (Wildman–Crippen LogP) is 2.39. The van der Waals surface area contributed by atoms with Crippen molar-refractivity contribution < 1.29 is 9.53 Å². The summed E-state index contributed by atoms with van der Waals surface area (Å²) in [6, 6.07) is 3.76. The van der Waals surface area contributed by atoms with E-state index < -0.39 is 6.10 Å². The van der Waals surface area contributed by atoms with Crippen molar-refractivity contribution in [1.29, 1.82) is 0 Å². The van der Waals surface area contributed by atoms with Crippen molar-refractivity contribution in [1.82, 2.24) is 4.90 Å². The Kier molecular flexibility index (Phi) is 4.57. The fraction of sp³-hybridized carbons (Fsp3) is 0.500. The molecule has 1 aromatic rings. The number of carbonyl (C=O) groups is 1. The van der Waals surface area contributed by atoms with Crippen molar-refractivity contribution in [3.8, 4) is 0 Å². The van der Waals surface area contributed by atoms with E-state index in [1.807, 2.05) is 12.1 Å². The Labute approximate surface area is 98.6 Å². The first-order valence-corrected chi connectivity index (χ1v) is 5.76. The fourth-order valence-corrected chi connectivity index (χ4v) is 2.30. The maximum absolute atomic E-state index is 11.7. The van der Waals surface area contributed by atoms with E-state index in [-0.39, 0.29) is 5.91 Å². The van der Waals surface area contributed by atoms with Crippen LogP contribution in [-0.2, 0) is 16.1 Å². The SMILES string of the molecule is COC(C)C(=O)N(C)Cc1ccc(Cl)s1. The molecule has 0 fully saturated rings. The number of carbonyl (C=O) groups excluding carboxylic acids is 1. The van der Waals surface area contributed by atoms with E-state index in [1.54, 1.807) is 18.9 Å². The van der Waals surface area contributed by atoms with Gasteiger partial charge >= 0.3 is 0 Å². The number of hydrogen-bond acceptors (Lipinski definition) is 3. The van der Waals surface area contributed by atoms with Gasteiger partial charge in [0, 0.05) is 19.0 Å². The molecule has 1 unspecified atom stereocenters. The highest BCUT2D eigenvalue weighted by Gasteiger charge is 2.17. The summed E-state index contributed by atoms with van der Waals surface area (Å²) >= 11 is 7.29. The van der Waals surface area contributed by atoms with E-state index >= 15 is 0 Å². The van der Waals surface area contributed by atoms with Crippen LogP contribution in [0.15, 0.2) is 12.1 Å². The first kappa shape index (κ1) is 12.5. The van der Waals surface area contributed by atoms with E-state index in [0.717, 1.165) is 9.21 Å². The number of halogens is 1. The van der Waals surface area contributed by atoms with Gasteiger partial charge in [0.25, 0.3) is 5.91 Å². The van der Waals surface area contributed by atoms with Gasteiger partial charge in [0.1, 0.15) is 6.10 Å². The Hall–Kier alpha value is -0.580. The standard InChI is InChI=1S/C10H14ClNO2S/c1-7(14-3)10(13)12(2)6-8-4-5-9(11)15-8/h4-5,7H,6H2,1-3H3. The van der Waals surface area contributed by atoms with Crippen LogP contribution in [0.25, 0.3) is 0 Å². The third-order valence-electron chi connectivity index (χ3n) is 2.10. The highest BCUT2D eigenvalue weighted by molar-refractivity contribution is 7.16. The van der Waals surface area contributed by atoms with Crippen LogP contribution >= 0.6 is 22.9 Å². The summed E-state index contributed by atoms with van der Waals surface area (Å²) in [6.07, 6.45) is -0.398. The highest BCUT2D eigenvalue weighted by Crippen LogP contribution is 2.22. The zero-order chi connectivity index (χ0) is 11.4. The number of hydrogen-bond donors (Lipinski definition) is 0. The lowest BCUT2D eigenvalue weighted by molar-refractivity contribution is -0.140. The van der Waals surface area contributed by atoms with Crippen molar-refractivity contribution in [3.63, 3.8) is 0 Å². The van der Waals surface area contributed by atoms with E-state index in [0.29, 0.717) is 6.54 Å². The lowest BCUT2D eigenvalue weighted by atomic mass is 10.3. The fourth-order valence-electron chi connectivity index (χ4n) is 1.16. The summed E-state index contributed by atoms with van der Waals surface area (Å²) in [5.74, 6) is -0.0259. The second kappa shape index (κ2) is 5.49. The molecule has 5 heteroatoms. The molecule has 1 rings (SSSR count). The number of amides is 1. The molecule has 1 heterocycles. The molecule has 3 nitrogen and oxygen atoms in total. The second-order valence-electron chi connectivity index (χ2n) is 3.28. The normalized spacial score (nSPS) is 12.5. The monoisotopic (exact) mass is 247 g/mol. The summed E-state index contributed by atoms with van der Waals surface area (Å²) in [6.45, 7) is 2.31. The van der Waals surface area contributed by atoms with Crippen molar-refractivity contribution in [2.24, 2.45) is 0 Å². The number of nitrogens with zero attached hydrogens (tertiary/aromatic N) is 1. The van der Waals surface area contributed by atoms with Crippen molar-refractivity contribution in [2.75, 3.05) is 14.2 Å². The van der Waals surface area contributed by atoms with E-state index in [9.17, 15) is 4.79 Å². The molecule has 84 valence electrons. The molecule has 0 spiro atoms. The molecule has 0 aliphatic heterocycles. The largest absolute Gasteiger partial charge is 0.372 e. The molecular weight excluding hydrogens is 234 g/mol. The quantitative estimate of drug-likeness (QED) is 0.818. The Morgan fingerprint density at radius 2 is 2.33 bits per heavy atom. The third kappa shape index (κ3) is 3.48. The van der Waals surface area contributed by atoms with E-state index in [2.05, 4.69) is 0 Å². The summed E-state index contributed by atoms with van der Waals surface area (Å²) in [5, 5.41) is 0. The Morgan fingerprint density at radius 1 is 1.67 bits per heavy atom. The lowest BCUT2D eigenvalue weighted by Gasteiger charge is -2.19. The van der Waals surface area contributed by atoms with Gasteiger partial charge in [0.05, 0.1) is 10.9 Å². The average molecular weight is 248 g/mol. The summed E-state index contributed by atoms with van der Waals surface area (Å²) in [5.41, 5.74) is 0. The minimum absolute atomic E-state index is 0.0259. The average Bonchev–Trinajstić information content (AvgIpc) is 2.61. The second-order valence-corrected chi connectivity index (χ2v) is 5.08. The first-order valence-electron chi connectivity index (χ1n) is 4.56. The predicted molar refractivity (Wildman–Crippen MR) is 62.3 cm³/mol. The van der Waals surface area contributed by atoms with Crippen LogP contribution in [0.1, 0.15) is 11.8 Å². The summed E-state index contributed by atoms with van der Waals surface area (Å²) in [7, 11) is 3.28. The molecule has 0 radical (unpaired) electrons. The Morgan fingerprint density at radius 3 is 2.80 bits per heavy atom. The lowest BCUT2D eigenvalue weighted by Crippen LogP contribution is -2.35. The van der Waals surface area contributed by atoms with Gasteiger partial charge < -0.3 is 9.64 Å². The maximum atomic E-state index is 11.7. The number of rotatable bonds is 4. The van der Waals surface area contributed by atoms with Crippen molar-refractivity contribution >= 4 is 28.8 Å². The minimum Gasteiger partial charge on any atom is -0.372 e. The molecule has 0 N–H and O–H groups in total. The number of methoxy groups -OCH3 is 1. The van der Waals surface area contributed by atoms with Gasteiger partial charge in [0.15, 0.2) is 0 Å². The molecular formula is C10H14ClNO2S. The molecule has 0 aromatic carbocycles. The van der Waals surface area contributed by atoms with Crippen LogP contribution in [0.2, 0.25) is 4.34 Å². The van der Waals surface area contributed by atoms with Gasteiger partial charge in [-0.3, -0.25) is 4.79 Å². The molecule has 1 aromatic heterocycles. The minimum atomic E-state index is -0.398. The molecule has 0 aliphatic carbocycles. The first-order chi connectivity index (χ1) is 7.04. The molecule has 1 amide bonds. The van der Waals surface area contributed by atoms with Gasteiger partial charge in [-0.1, -0.05) is 11.6 Å². The van der Waals surface area contributed by atoms with Crippen LogP contribution in [-0.4, -0.2) is 31.1 Å². The topological polar surface area (TPSA) is 29.5 Å². The maximum Gasteiger partial charge on any atom is 0.251 e. The van der Waals surface area contributed by atoms with Crippen LogP contribution in [0, 0.1) is 0 Å². The van der Waals surface area contributed by atoms with Gasteiger partial charge in [-0.25, -0.2) is 0 Å². The van der Waals surface area contributed by atoms with Crippen LogP contribution in [0.5, 0.6) is 0 Å². The highest BCUT2D eigenvalue weighted by atomic mass is 35.5. The van der Waals surface area contributed by atoms with Gasteiger partial charge in [-0.15, -0.1) is 11.3 Å². The number of likely N-dealkylation sites (N-methyl/N-ethyl adjacent to an activating group) is 1. The summed E-state index contributed by atoms with van der Waals surface area (Å²) < 4.78 is 5.70. The molecule has 0 saturated heterocycles. The van der Waals surface area contributed by atoms with Crippen LogP contribution in [0.3, 0.4) is 0 Å². The van der Waals surface area contributed by atoms with Crippen LogP contribution < -0.4 is 0 Å². The van der Waals surface area contributed by atoms with Crippen molar-refractivity contribution in [2.45, 2.75) is 19.6 Å². The molecule has 15 heavy (non-hydrogen) atoms. The third-order valence-corrected chi connectivity index (χ3v) is 3.32. The zero-order valence-corrected chi connectivity index (χ0v) is 10.6. The molecule has 0 bridgehead atoms. The smallest absolute Gasteiger partial charge is 0.251 e. The van der Waals surface area contributed by atoms with Gasteiger partial charge in [-0.05, 0) is 19.1 Å². The molecule has 0 aliphatic rings. The number of ether oxygens (including phenoxy) is 1. The van der Waals surface area contributed by atoms with Crippen LogP contribution in [0.4, 0.5) is 0 Å². The van der Waals surface area contributed by atoms with E-state index in [1.165, 1.54) is 18.4 Å². The molecule has 0 saturated carbocycles. The Balaban J connectivity index is 2.55. The van der Waals surface area contributed by atoms with Gasteiger partial charge in [0.2, 0.25) is 0 Å². The Bertz CT molecular complexity index is 340. The molecule has 1 atom stereocenters. The van der Waals surface area contributed by atoms with Gasteiger partial charge in [-0.2, -0.15) is 0 Å².